The molecule has 56 heavy (non-hydrogen) atoms. The summed E-state index contributed by atoms with van der Waals surface area (Å²) in [6.07, 6.45) is 5.01. The number of nitrogens with zero attached hydrogens (tertiary/aromatic N) is 2. The van der Waals surface area contributed by atoms with Crippen LogP contribution in [-0.2, 0) is 27.8 Å². The molecule has 0 bridgehead atoms. The van der Waals surface area contributed by atoms with Crippen molar-refractivity contribution in [1.29, 1.82) is 0 Å². The fraction of sp³-hybridized carbons (Fsp3) is 0.340. The second kappa shape index (κ2) is 14.6. The van der Waals surface area contributed by atoms with Crippen molar-refractivity contribution in [2.45, 2.75) is 66.1 Å². The first kappa shape index (κ1) is 37.5. The average molecular weight is 748 g/mol. The molecule has 3 aliphatic heterocycles. The van der Waals surface area contributed by atoms with Crippen LogP contribution in [0.1, 0.15) is 66.7 Å². The highest BCUT2D eigenvalue weighted by Crippen LogP contribution is 2.63. The molecule has 1 saturated carbocycles. The van der Waals surface area contributed by atoms with Gasteiger partial charge < -0.3 is 24.8 Å². The summed E-state index contributed by atoms with van der Waals surface area (Å²) < 4.78 is 5.57. The van der Waals surface area contributed by atoms with Crippen LogP contribution in [0.25, 0.3) is 21.5 Å². The number of hydrogen-bond donors (Lipinski definition) is 2. The maximum atomic E-state index is 12.0. The number of nitrogens with one attached hydrogen (secondary N) is 1. The lowest BCUT2D eigenvalue weighted by atomic mass is 9.82. The highest BCUT2D eigenvalue weighted by Gasteiger charge is 2.63. The minimum absolute atomic E-state index is 0.0334. The van der Waals surface area contributed by atoms with Crippen LogP contribution in [0.2, 0.25) is 6.82 Å². The molecular weight excluding hydrogens is 697 g/mol. The Morgan fingerprint density at radius 2 is 1.34 bits per heavy atom. The molecule has 2 aliphatic carbocycles. The van der Waals surface area contributed by atoms with Crippen LogP contribution in [-0.4, -0.2) is 49.4 Å². The largest absolute Gasteiger partial charge is 0.536 e. The summed E-state index contributed by atoms with van der Waals surface area (Å²) >= 11 is 0. The molecule has 9 heteroatoms. The Balaban J connectivity index is 0.000000120. The number of hydrogen-bond acceptors (Lipinski definition) is 6. The minimum atomic E-state index is -0.894. The maximum Gasteiger partial charge on any atom is 0.519 e. The standard InChI is InChI=1S/C17H20BNO3.C17H19NO.C13H11NO/c1-11-8-15-13-6-4-5-7-14(13)17(22-18(3)21)9-16(15)19(10-11)12(2)20;1-11-8-16-15-7-5-4-6-14(15)12(2)9-17(16)18(10-11)13(3)19;15-11-5-12-13(6-8(13)7-14-12)10-4-2-1-3-9(10)11/h4-7,9,11,21H,8,10H2,1-3H3;4-7,9,11H,8,10H2,1-3H3;1-5,8,14H,6-7H2/t;11-;8-,13?/m.01/s1. The number of amides is 2. The second-order valence-electron chi connectivity index (χ2n) is 16.5. The summed E-state index contributed by atoms with van der Waals surface area (Å²) in [5.41, 5.74) is 9.30. The van der Waals surface area contributed by atoms with Crippen LogP contribution in [0.15, 0.2) is 96.7 Å². The van der Waals surface area contributed by atoms with Gasteiger partial charge in [-0.1, -0.05) is 86.6 Å². The molecule has 5 aromatic rings. The highest BCUT2D eigenvalue weighted by atomic mass is 16.5. The zero-order valence-corrected chi connectivity index (χ0v) is 33.2. The lowest BCUT2D eigenvalue weighted by molar-refractivity contribution is -0.117. The van der Waals surface area contributed by atoms with Gasteiger partial charge in [0.1, 0.15) is 5.75 Å². The third-order valence-corrected chi connectivity index (χ3v) is 12.2. The molecule has 10 rings (SSSR count). The quantitative estimate of drug-likeness (QED) is 0.177. The van der Waals surface area contributed by atoms with Gasteiger partial charge in [-0.3, -0.25) is 14.4 Å². The number of allylic oxidation sites excluding steroid dienone is 2. The van der Waals surface area contributed by atoms with Crippen LogP contribution in [0, 0.1) is 24.7 Å². The summed E-state index contributed by atoms with van der Waals surface area (Å²) in [5, 5.41) is 17.6. The summed E-state index contributed by atoms with van der Waals surface area (Å²) in [6.45, 7) is 13.9. The molecule has 2 unspecified atom stereocenters. The summed E-state index contributed by atoms with van der Waals surface area (Å²) in [6, 6.07) is 28.6. The first-order valence-electron chi connectivity index (χ1n) is 19.9. The van der Waals surface area contributed by atoms with E-state index in [0.29, 0.717) is 17.6 Å². The van der Waals surface area contributed by atoms with Gasteiger partial charge in [-0.15, -0.1) is 0 Å². The van der Waals surface area contributed by atoms with E-state index < -0.39 is 7.12 Å². The van der Waals surface area contributed by atoms with E-state index in [0.717, 1.165) is 71.8 Å². The smallest absolute Gasteiger partial charge is 0.519 e. The van der Waals surface area contributed by atoms with Crippen molar-refractivity contribution in [1.82, 2.24) is 5.32 Å². The molecular formula is C47H50BN3O5. The number of ketones is 1. The Kier molecular flexibility index (Phi) is 9.77. The van der Waals surface area contributed by atoms with Gasteiger partial charge >= 0.3 is 7.12 Å². The van der Waals surface area contributed by atoms with Crippen LogP contribution in [0.3, 0.4) is 0 Å². The number of piperidine rings is 1. The normalized spacial score (nSPS) is 22.4. The number of benzene rings is 5. The van der Waals surface area contributed by atoms with Crippen LogP contribution < -0.4 is 19.8 Å². The number of fused-ring (bicyclic) bond motifs is 7. The number of anilines is 2. The van der Waals surface area contributed by atoms with E-state index in [1.165, 1.54) is 39.4 Å². The van der Waals surface area contributed by atoms with Gasteiger partial charge in [0, 0.05) is 73.4 Å². The molecule has 4 atom stereocenters. The molecule has 286 valence electrons. The van der Waals surface area contributed by atoms with Gasteiger partial charge in [-0.2, -0.15) is 0 Å². The van der Waals surface area contributed by atoms with E-state index in [1.807, 2.05) is 52.3 Å². The molecule has 2 fully saturated rings. The molecule has 1 spiro atoms. The Morgan fingerprint density at radius 1 is 0.804 bits per heavy atom. The zero-order valence-electron chi connectivity index (χ0n) is 33.2. The fourth-order valence-corrected chi connectivity index (χ4v) is 9.67. The van der Waals surface area contributed by atoms with Crippen molar-refractivity contribution in [3.05, 3.63) is 125 Å². The van der Waals surface area contributed by atoms with E-state index in [2.05, 4.69) is 68.6 Å². The monoisotopic (exact) mass is 747 g/mol. The molecule has 0 aromatic heterocycles. The Hall–Kier alpha value is -5.41. The van der Waals surface area contributed by atoms with Crippen molar-refractivity contribution in [3.63, 3.8) is 0 Å². The summed E-state index contributed by atoms with van der Waals surface area (Å²) in [5.74, 6) is 2.61. The minimum Gasteiger partial charge on any atom is -0.536 e. The van der Waals surface area contributed by atoms with Gasteiger partial charge in [0.25, 0.3) is 0 Å². The van der Waals surface area contributed by atoms with Gasteiger partial charge in [0.15, 0.2) is 5.78 Å². The first-order chi connectivity index (χ1) is 26.9. The number of carbonyl (C=O) groups is 3. The predicted molar refractivity (Wildman–Crippen MR) is 226 cm³/mol. The SMILES string of the molecule is CB(O)Oc1cc2c(c3ccccc13)CC(C)CN2C(C)=O.CC(=O)N1C[C@@H](C)Cc2c1cc(C)c1ccccc21.O=C1C=C2NC[C@H]3CC23c2ccccc21. The molecule has 3 heterocycles. The fourth-order valence-electron chi connectivity index (χ4n) is 9.67. The van der Waals surface area contributed by atoms with Crippen molar-refractivity contribution in [3.8, 4) is 5.75 Å². The molecule has 1 saturated heterocycles. The van der Waals surface area contributed by atoms with Crippen LogP contribution >= 0.6 is 0 Å². The van der Waals surface area contributed by atoms with Gasteiger partial charge in [-0.05, 0) is 95.2 Å². The molecule has 5 aliphatic rings. The van der Waals surface area contributed by atoms with Gasteiger partial charge in [0.05, 0.1) is 5.69 Å². The third kappa shape index (κ3) is 6.55. The number of rotatable bonds is 2. The highest BCUT2D eigenvalue weighted by molar-refractivity contribution is 6.42. The molecule has 2 N–H and O–H groups in total. The lowest BCUT2D eigenvalue weighted by Gasteiger charge is -2.34. The zero-order chi connectivity index (χ0) is 39.5. The molecule has 0 radical (unpaired) electrons. The maximum absolute atomic E-state index is 12.0. The van der Waals surface area contributed by atoms with E-state index >= 15 is 0 Å². The van der Waals surface area contributed by atoms with E-state index in [-0.39, 0.29) is 23.0 Å². The summed E-state index contributed by atoms with van der Waals surface area (Å²) in [4.78, 5) is 39.5. The van der Waals surface area contributed by atoms with Crippen LogP contribution in [0.5, 0.6) is 5.75 Å². The van der Waals surface area contributed by atoms with Crippen LogP contribution in [0.4, 0.5) is 11.4 Å². The van der Waals surface area contributed by atoms with Crippen molar-refractivity contribution >= 4 is 57.6 Å². The summed E-state index contributed by atoms with van der Waals surface area (Å²) in [7, 11) is -0.894. The Bertz CT molecular complexity index is 2440. The average Bonchev–Trinajstić information content (AvgIpc) is 3.80. The molecule has 2 amide bonds. The topological polar surface area (TPSA) is 99.2 Å². The van der Waals surface area contributed by atoms with E-state index in [9.17, 15) is 19.4 Å². The molecule has 8 nitrogen and oxygen atoms in total. The van der Waals surface area contributed by atoms with Gasteiger partial charge in [-0.25, -0.2) is 0 Å². The Morgan fingerprint density at radius 3 is 1.93 bits per heavy atom. The second-order valence-corrected chi connectivity index (χ2v) is 16.5. The third-order valence-electron chi connectivity index (χ3n) is 12.2. The Labute approximate surface area is 329 Å². The van der Waals surface area contributed by atoms with Crippen molar-refractivity contribution < 1.29 is 24.1 Å². The number of aryl methyl sites for hydroxylation is 1. The number of carbonyl (C=O) groups excluding carboxylic acids is 3. The molecule has 5 aromatic carbocycles. The predicted octanol–water partition coefficient (Wildman–Crippen LogP) is 8.20. The lowest BCUT2D eigenvalue weighted by Crippen LogP contribution is -2.37. The van der Waals surface area contributed by atoms with E-state index in [4.69, 9.17) is 4.65 Å². The van der Waals surface area contributed by atoms with Crippen molar-refractivity contribution in [2.75, 3.05) is 29.4 Å². The van der Waals surface area contributed by atoms with Crippen molar-refractivity contribution in [2.24, 2.45) is 17.8 Å². The van der Waals surface area contributed by atoms with Gasteiger partial charge in [0.2, 0.25) is 11.8 Å². The first-order valence-corrected chi connectivity index (χ1v) is 19.9. The van der Waals surface area contributed by atoms with E-state index in [1.54, 1.807) is 26.7 Å².